The molecule has 0 amide bonds. The lowest BCUT2D eigenvalue weighted by Crippen LogP contribution is -2.23. The summed E-state index contributed by atoms with van der Waals surface area (Å²) in [6, 6.07) is 15.5. The number of oxazole rings is 1. The minimum atomic E-state index is 0.396. The van der Waals surface area contributed by atoms with E-state index < -0.39 is 0 Å². The predicted molar refractivity (Wildman–Crippen MR) is 99.4 cm³/mol. The summed E-state index contributed by atoms with van der Waals surface area (Å²) in [4.78, 5) is 7.08. The van der Waals surface area contributed by atoms with Gasteiger partial charge in [-0.15, -0.1) is 0 Å². The molecule has 1 aromatic heterocycles. The third kappa shape index (κ3) is 3.32. The van der Waals surface area contributed by atoms with Crippen molar-refractivity contribution in [3.63, 3.8) is 0 Å². The second-order valence-electron chi connectivity index (χ2n) is 6.77. The van der Waals surface area contributed by atoms with Gasteiger partial charge < -0.3 is 9.15 Å². The first-order valence-corrected chi connectivity index (χ1v) is 8.97. The summed E-state index contributed by atoms with van der Waals surface area (Å²) >= 11 is 0. The van der Waals surface area contributed by atoms with Crippen molar-refractivity contribution in [2.24, 2.45) is 0 Å². The van der Waals surface area contributed by atoms with Gasteiger partial charge in [-0.05, 0) is 67.7 Å². The Bertz CT molecular complexity index is 865. The number of methoxy groups -OCH3 is 1. The number of hydrogen-bond acceptors (Lipinski definition) is 4. The number of hydrogen-bond donors (Lipinski definition) is 0. The zero-order valence-corrected chi connectivity index (χ0v) is 14.9. The summed E-state index contributed by atoms with van der Waals surface area (Å²) in [5.74, 6) is 0.617. The van der Waals surface area contributed by atoms with E-state index in [0.717, 1.165) is 11.1 Å². The smallest absolute Gasteiger partial charge is 0.221 e. The molecule has 1 saturated heterocycles. The van der Waals surface area contributed by atoms with Crippen LogP contribution in [0.25, 0.3) is 22.2 Å². The number of ether oxygens (including phenoxy) is 1. The van der Waals surface area contributed by atoms with Crippen molar-refractivity contribution >= 4 is 11.1 Å². The van der Waals surface area contributed by atoms with Crippen LogP contribution in [0.5, 0.6) is 0 Å². The first kappa shape index (κ1) is 16.3. The maximum Gasteiger partial charge on any atom is 0.221 e. The van der Waals surface area contributed by atoms with Gasteiger partial charge in [-0.25, -0.2) is 4.98 Å². The van der Waals surface area contributed by atoms with Gasteiger partial charge in [0, 0.05) is 13.2 Å². The first-order valence-electron chi connectivity index (χ1n) is 8.97. The van der Waals surface area contributed by atoms with Gasteiger partial charge in [0.05, 0.1) is 0 Å². The Morgan fingerprint density at radius 1 is 1.12 bits per heavy atom. The zero-order chi connectivity index (χ0) is 17.2. The van der Waals surface area contributed by atoms with Crippen LogP contribution in [-0.2, 0) is 11.3 Å². The van der Waals surface area contributed by atoms with Crippen molar-refractivity contribution in [1.29, 1.82) is 0 Å². The molecular formula is C21H24N2O2. The van der Waals surface area contributed by atoms with Gasteiger partial charge in [0.2, 0.25) is 5.89 Å². The highest BCUT2D eigenvalue weighted by Crippen LogP contribution is 2.30. The monoisotopic (exact) mass is 336 g/mol. The molecule has 0 saturated carbocycles. The van der Waals surface area contributed by atoms with Crippen LogP contribution in [-0.4, -0.2) is 30.1 Å². The second-order valence-corrected chi connectivity index (χ2v) is 6.77. The lowest BCUT2D eigenvalue weighted by atomic mass is 9.99. The van der Waals surface area contributed by atoms with Gasteiger partial charge in [-0.2, -0.15) is 0 Å². The lowest BCUT2D eigenvalue weighted by Gasteiger charge is -2.24. The van der Waals surface area contributed by atoms with E-state index in [1.165, 1.54) is 42.6 Å². The molecule has 0 aliphatic carbocycles. The van der Waals surface area contributed by atoms with E-state index in [0.29, 0.717) is 18.5 Å². The Balaban J connectivity index is 1.64. The molecule has 3 aromatic rings. The van der Waals surface area contributed by atoms with E-state index in [4.69, 9.17) is 9.15 Å². The molecule has 0 bridgehead atoms. The first-order chi connectivity index (χ1) is 12.2. The van der Waals surface area contributed by atoms with Crippen LogP contribution in [0.4, 0.5) is 0 Å². The topological polar surface area (TPSA) is 38.5 Å². The van der Waals surface area contributed by atoms with Crippen molar-refractivity contribution in [3.05, 3.63) is 53.9 Å². The Kier molecular flexibility index (Phi) is 4.55. The van der Waals surface area contributed by atoms with Crippen LogP contribution < -0.4 is 0 Å². The minimum Gasteiger partial charge on any atom is -0.438 e. The van der Waals surface area contributed by atoms with Crippen LogP contribution in [0, 0.1) is 0 Å². The average Bonchev–Trinajstić information content (AvgIpc) is 3.30. The maximum absolute atomic E-state index is 5.69. The molecule has 4 nitrogen and oxygen atoms in total. The van der Waals surface area contributed by atoms with Crippen LogP contribution in [0.1, 0.15) is 37.3 Å². The molecule has 1 atom stereocenters. The molecule has 0 spiro atoms. The van der Waals surface area contributed by atoms with Crippen molar-refractivity contribution in [2.75, 3.05) is 20.2 Å². The number of benzene rings is 2. The molecule has 1 unspecified atom stereocenters. The van der Waals surface area contributed by atoms with Crippen LogP contribution in [0.15, 0.2) is 46.9 Å². The van der Waals surface area contributed by atoms with Gasteiger partial charge >= 0.3 is 0 Å². The summed E-state index contributed by atoms with van der Waals surface area (Å²) in [5, 5.41) is 0. The number of fused-ring (bicyclic) bond motifs is 1. The quantitative estimate of drug-likeness (QED) is 0.671. The van der Waals surface area contributed by atoms with Crippen molar-refractivity contribution in [2.45, 2.75) is 32.4 Å². The van der Waals surface area contributed by atoms with Gasteiger partial charge in [0.15, 0.2) is 5.58 Å². The maximum atomic E-state index is 5.69. The molecule has 4 rings (SSSR count). The van der Waals surface area contributed by atoms with Gasteiger partial charge in [-0.3, -0.25) is 4.90 Å². The fourth-order valence-electron chi connectivity index (χ4n) is 3.66. The number of aromatic nitrogens is 1. The van der Waals surface area contributed by atoms with E-state index in [1.54, 1.807) is 7.11 Å². The normalized spacial score (nSPS) is 16.6. The highest BCUT2D eigenvalue weighted by atomic mass is 16.5. The summed E-state index contributed by atoms with van der Waals surface area (Å²) < 4.78 is 10.8. The van der Waals surface area contributed by atoms with Crippen molar-refractivity contribution in [3.8, 4) is 11.1 Å². The van der Waals surface area contributed by atoms with E-state index in [9.17, 15) is 0 Å². The minimum absolute atomic E-state index is 0.396. The Labute approximate surface area is 148 Å². The Morgan fingerprint density at radius 3 is 2.72 bits per heavy atom. The molecule has 1 fully saturated rings. The number of nitrogens with zero attached hydrogens (tertiary/aromatic N) is 2. The predicted octanol–water partition coefficient (Wildman–Crippen LogP) is 4.80. The number of rotatable bonds is 5. The molecule has 2 heterocycles. The van der Waals surface area contributed by atoms with Crippen LogP contribution in [0.3, 0.4) is 0 Å². The third-order valence-corrected chi connectivity index (χ3v) is 5.09. The molecule has 2 aromatic carbocycles. The van der Waals surface area contributed by atoms with Gasteiger partial charge in [-0.1, -0.05) is 24.3 Å². The van der Waals surface area contributed by atoms with Crippen molar-refractivity contribution in [1.82, 2.24) is 9.88 Å². The zero-order valence-electron chi connectivity index (χ0n) is 14.9. The molecule has 130 valence electrons. The summed E-state index contributed by atoms with van der Waals surface area (Å²) in [6.07, 6.45) is 2.63. The Morgan fingerprint density at radius 2 is 1.92 bits per heavy atom. The third-order valence-electron chi connectivity index (χ3n) is 5.09. The molecule has 4 heteroatoms. The molecular weight excluding hydrogens is 312 g/mol. The van der Waals surface area contributed by atoms with E-state index in [-0.39, 0.29) is 0 Å². The van der Waals surface area contributed by atoms with Gasteiger partial charge in [0.25, 0.3) is 0 Å². The van der Waals surface area contributed by atoms with E-state index in [2.05, 4.69) is 53.2 Å². The molecule has 25 heavy (non-hydrogen) atoms. The largest absolute Gasteiger partial charge is 0.438 e. The van der Waals surface area contributed by atoms with Gasteiger partial charge in [0.1, 0.15) is 12.1 Å². The highest BCUT2D eigenvalue weighted by Gasteiger charge is 2.19. The SMILES string of the molecule is COCc1nc2cc(-c3cccc(C(C)N4CCCC4)c3)ccc2o1. The summed E-state index contributed by atoms with van der Waals surface area (Å²) in [7, 11) is 1.65. The highest BCUT2D eigenvalue weighted by molar-refractivity contribution is 5.80. The van der Waals surface area contributed by atoms with E-state index >= 15 is 0 Å². The van der Waals surface area contributed by atoms with Crippen LogP contribution in [0.2, 0.25) is 0 Å². The molecule has 0 radical (unpaired) electrons. The average molecular weight is 336 g/mol. The fraction of sp³-hybridized carbons (Fsp3) is 0.381. The van der Waals surface area contributed by atoms with Crippen LogP contribution >= 0.6 is 0 Å². The lowest BCUT2D eigenvalue weighted by molar-refractivity contribution is 0.161. The summed E-state index contributed by atoms with van der Waals surface area (Å²) in [5.41, 5.74) is 5.45. The van der Waals surface area contributed by atoms with Crippen molar-refractivity contribution < 1.29 is 9.15 Å². The Hall–Kier alpha value is -2.17. The standard InChI is InChI=1S/C21H24N2O2/c1-15(23-10-3-4-11-23)16-6-5-7-17(12-16)18-8-9-20-19(13-18)22-21(25-20)14-24-2/h5-9,12-13,15H,3-4,10-11,14H2,1-2H3. The number of likely N-dealkylation sites (tertiary alicyclic amines) is 1. The second kappa shape index (κ2) is 6.98. The molecule has 0 N–H and O–H groups in total. The molecule has 1 aliphatic heterocycles. The fourth-order valence-corrected chi connectivity index (χ4v) is 3.66. The van der Waals surface area contributed by atoms with E-state index in [1.807, 2.05) is 6.07 Å². The molecule has 1 aliphatic rings. The summed E-state index contributed by atoms with van der Waals surface area (Å²) in [6.45, 7) is 5.12.